The monoisotopic (exact) mass is 349 g/mol. The van der Waals surface area contributed by atoms with Crippen LogP contribution in [0.15, 0.2) is 65.9 Å². The number of benzene rings is 1. The van der Waals surface area contributed by atoms with Gasteiger partial charge in [-0.15, -0.1) is 0 Å². The molecule has 0 N–H and O–H groups in total. The average molecular weight is 349 g/mol. The summed E-state index contributed by atoms with van der Waals surface area (Å²) in [5, 5.41) is 0. The van der Waals surface area contributed by atoms with Crippen LogP contribution in [-0.4, -0.2) is 28.6 Å². The number of nitrogens with zero attached hydrogens (tertiary/aromatic N) is 3. The molecule has 2 heterocycles. The Morgan fingerprint density at radius 1 is 1.15 bits per heavy atom. The summed E-state index contributed by atoms with van der Waals surface area (Å²) in [6, 6.07) is 8.96. The lowest BCUT2D eigenvalue weighted by atomic mass is 10.0. The van der Waals surface area contributed by atoms with Gasteiger partial charge in [0, 0.05) is 48.1 Å². The maximum absolute atomic E-state index is 14.6. The van der Waals surface area contributed by atoms with E-state index in [1.165, 1.54) is 12.1 Å². The van der Waals surface area contributed by atoms with Crippen LogP contribution in [0.5, 0.6) is 0 Å². The number of aromatic nitrogens is 1. The van der Waals surface area contributed by atoms with E-state index < -0.39 is 0 Å². The van der Waals surface area contributed by atoms with Gasteiger partial charge in [0.1, 0.15) is 5.82 Å². The molecule has 2 aromatic rings. The highest BCUT2D eigenvalue weighted by atomic mass is 19.1. The largest absolute Gasteiger partial charge is 0.329 e. The van der Waals surface area contributed by atoms with Gasteiger partial charge in [0.2, 0.25) is 5.91 Å². The lowest BCUT2D eigenvalue weighted by Crippen LogP contribution is -2.31. The van der Waals surface area contributed by atoms with Crippen LogP contribution >= 0.6 is 0 Å². The van der Waals surface area contributed by atoms with E-state index in [2.05, 4.69) is 9.98 Å². The molecule has 0 bridgehead atoms. The number of hydrogen-bond donors (Lipinski definition) is 0. The number of rotatable bonds is 4. The van der Waals surface area contributed by atoms with Crippen molar-refractivity contribution in [2.45, 2.75) is 19.9 Å². The summed E-state index contributed by atoms with van der Waals surface area (Å²) in [6.07, 6.45) is 10.6. The van der Waals surface area contributed by atoms with Crippen LogP contribution in [0.2, 0.25) is 0 Å². The molecule has 0 saturated carbocycles. The first-order valence-corrected chi connectivity index (χ1v) is 8.55. The molecule has 1 aromatic heterocycles. The van der Waals surface area contributed by atoms with Crippen molar-refractivity contribution in [2.75, 3.05) is 6.54 Å². The number of amides is 1. The highest BCUT2D eigenvalue weighted by Crippen LogP contribution is 2.22. The molecule has 0 fully saturated rings. The molecule has 0 saturated heterocycles. The van der Waals surface area contributed by atoms with Crippen LogP contribution in [-0.2, 0) is 17.8 Å². The lowest BCUT2D eigenvalue weighted by Gasteiger charge is -2.19. The lowest BCUT2D eigenvalue weighted by molar-refractivity contribution is -0.125. The maximum atomic E-state index is 14.6. The van der Waals surface area contributed by atoms with Crippen LogP contribution in [0.3, 0.4) is 0 Å². The Morgan fingerprint density at radius 3 is 2.73 bits per heavy atom. The quantitative estimate of drug-likeness (QED) is 0.839. The number of allylic oxidation sites excluding steroid dienone is 2. The van der Waals surface area contributed by atoms with Crippen molar-refractivity contribution >= 4 is 12.1 Å². The summed E-state index contributed by atoms with van der Waals surface area (Å²) in [5.74, 6) is -0.514. The van der Waals surface area contributed by atoms with Gasteiger partial charge in [0.05, 0.1) is 6.54 Å². The number of halogens is 1. The first kappa shape index (κ1) is 17.7. The van der Waals surface area contributed by atoms with Crippen molar-refractivity contribution in [1.82, 2.24) is 9.88 Å². The van der Waals surface area contributed by atoms with Gasteiger partial charge >= 0.3 is 0 Å². The van der Waals surface area contributed by atoms with Crippen LogP contribution in [0.1, 0.15) is 18.2 Å². The van der Waals surface area contributed by atoms with Gasteiger partial charge in [-0.25, -0.2) is 4.39 Å². The number of aryl methyl sites for hydroxylation is 1. The minimum Gasteiger partial charge on any atom is -0.329 e. The minimum atomic E-state index is -0.339. The molecule has 0 spiro atoms. The predicted octanol–water partition coefficient (Wildman–Crippen LogP) is 3.93. The molecule has 0 atom stereocenters. The molecule has 1 amide bonds. The van der Waals surface area contributed by atoms with Crippen LogP contribution in [0.25, 0.3) is 11.1 Å². The predicted molar refractivity (Wildman–Crippen MR) is 101 cm³/mol. The summed E-state index contributed by atoms with van der Waals surface area (Å²) in [5.41, 5.74) is 3.10. The van der Waals surface area contributed by atoms with Crippen molar-refractivity contribution in [3.63, 3.8) is 0 Å². The summed E-state index contributed by atoms with van der Waals surface area (Å²) in [4.78, 5) is 22.2. The van der Waals surface area contributed by atoms with E-state index in [-0.39, 0.29) is 18.3 Å². The summed E-state index contributed by atoms with van der Waals surface area (Å²) in [6.45, 7) is 2.56. The van der Waals surface area contributed by atoms with Crippen molar-refractivity contribution in [3.05, 3.63) is 78.0 Å². The second kappa shape index (κ2) is 8.34. The molecule has 4 nitrogen and oxygen atoms in total. The number of hydrogen-bond acceptors (Lipinski definition) is 3. The molecule has 26 heavy (non-hydrogen) atoms. The fourth-order valence-electron chi connectivity index (χ4n) is 2.65. The standard InChI is InChI=1S/C21H20FN3O/c1-2-19-9-8-17(14-24-19)16-6-7-18(20(22)13-16)15-25-12-11-23-10-4-3-5-21(25)26/h3-11,13-14H,2,12,15H2,1H3/b5-3+,10-4-,23-11?. The molecule has 0 aliphatic carbocycles. The molecule has 1 aliphatic heterocycles. The molecule has 1 aromatic carbocycles. The average Bonchev–Trinajstić information content (AvgIpc) is 2.76. The summed E-state index contributed by atoms with van der Waals surface area (Å²) >= 11 is 0. The number of carbonyl (C=O) groups is 1. The van der Waals surface area contributed by atoms with Gasteiger partial charge in [-0.3, -0.25) is 14.8 Å². The van der Waals surface area contributed by atoms with Gasteiger partial charge in [-0.05, 0) is 30.2 Å². The third kappa shape index (κ3) is 4.30. The van der Waals surface area contributed by atoms with Crippen molar-refractivity contribution in [3.8, 4) is 11.1 Å². The molecule has 1 aliphatic rings. The van der Waals surface area contributed by atoms with E-state index in [0.717, 1.165) is 23.2 Å². The first-order chi connectivity index (χ1) is 12.7. The number of aliphatic imine (C=N–C) groups is 1. The zero-order valence-corrected chi connectivity index (χ0v) is 14.6. The molecule has 0 radical (unpaired) electrons. The highest BCUT2D eigenvalue weighted by molar-refractivity contribution is 5.89. The molecule has 132 valence electrons. The Kier molecular flexibility index (Phi) is 5.69. The number of pyridine rings is 1. The normalized spacial score (nSPS) is 16.7. The SMILES string of the molecule is CCc1ccc(-c2ccc(CN3CC=N/C=C\C=C\C3=O)c(F)c2)cn1. The Morgan fingerprint density at radius 2 is 2.00 bits per heavy atom. The van der Waals surface area contributed by atoms with Crippen LogP contribution in [0, 0.1) is 5.82 Å². The summed E-state index contributed by atoms with van der Waals surface area (Å²) < 4.78 is 14.6. The van der Waals surface area contributed by atoms with Crippen LogP contribution in [0.4, 0.5) is 4.39 Å². The second-order valence-corrected chi connectivity index (χ2v) is 5.95. The fraction of sp³-hybridized carbons (Fsp3) is 0.190. The van der Waals surface area contributed by atoms with E-state index in [0.29, 0.717) is 12.1 Å². The van der Waals surface area contributed by atoms with Crippen LogP contribution < -0.4 is 0 Å². The minimum absolute atomic E-state index is 0.175. The molecular weight excluding hydrogens is 329 g/mol. The Labute approximate surface area is 152 Å². The fourth-order valence-corrected chi connectivity index (χ4v) is 2.65. The summed E-state index contributed by atoms with van der Waals surface area (Å²) in [7, 11) is 0. The molecule has 0 unspecified atom stereocenters. The molecular formula is C21H20FN3O. The number of carbonyl (C=O) groups excluding carboxylic acids is 1. The topological polar surface area (TPSA) is 45.6 Å². The highest BCUT2D eigenvalue weighted by Gasteiger charge is 2.14. The van der Waals surface area contributed by atoms with E-state index >= 15 is 0 Å². The van der Waals surface area contributed by atoms with Crippen molar-refractivity contribution < 1.29 is 9.18 Å². The zero-order valence-electron chi connectivity index (χ0n) is 14.6. The van der Waals surface area contributed by atoms with E-state index in [4.69, 9.17) is 0 Å². The van der Waals surface area contributed by atoms with E-state index in [9.17, 15) is 9.18 Å². The van der Waals surface area contributed by atoms with Gasteiger partial charge in [0.15, 0.2) is 0 Å². The van der Waals surface area contributed by atoms with Crippen molar-refractivity contribution in [1.29, 1.82) is 0 Å². The van der Waals surface area contributed by atoms with Crippen molar-refractivity contribution in [2.24, 2.45) is 4.99 Å². The Hall–Kier alpha value is -3.08. The zero-order chi connectivity index (χ0) is 18.4. The molecule has 3 rings (SSSR count). The molecule has 5 heteroatoms. The Balaban J connectivity index is 1.79. The first-order valence-electron chi connectivity index (χ1n) is 8.55. The van der Waals surface area contributed by atoms with Gasteiger partial charge < -0.3 is 4.90 Å². The van der Waals surface area contributed by atoms with Gasteiger partial charge in [0.25, 0.3) is 0 Å². The third-order valence-corrected chi connectivity index (χ3v) is 4.18. The van der Waals surface area contributed by atoms with E-state index in [1.54, 1.807) is 41.7 Å². The Bertz CT molecular complexity index is 869. The second-order valence-electron chi connectivity index (χ2n) is 5.95. The van der Waals surface area contributed by atoms with Gasteiger partial charge in [-0.1, -0.05) is 31.2 Å². The third-order valence-electron chi connectivity index (χ3n) is 4.18. The maximum Gasteiger partial charge on any atom is 0.247 e. The van der Waals surface area contributed by atoms with Gasteiger partial charge in [-0.2, -0.15) is 0 Å². The van der Waals surface area contributed by atoms with E-state index in [1.807, 2.05) is 25.1 Å². The smallest absolute Gasteiger partial charge is 0.247 e.